The highest BCUT2D eigenvalue weighted by molar-refractivity contribution is 7.11. The average molecular weight is 342 g/mol. The quantitative estimate of drug-likeness (QED) is 0.877. The average Bonchev–Trinajstić information content (AvgIpc) is 2.65. The summed E-state index contributed by atoms with van der Waals surface area (Å²) in [5.41, 5.74) is 6.32. The maximum absolute atomic E-state index is 12.1. The van der Waals surface area contributed by atoms with E-state index in [0.717, 1.165) is 15.6 Å². The van der Waals surface area contributed by atoms with Gasteiger partial charge in [-0.25, -0.2) is 4.98 Å². The maximum Gasteiger partial charge on any atom is 0.240 e. The van der Waals surface area contributed by atoms with Crippen LogP contribution in [0.4, 0.5) is 0 Å². The van der Waals surface area contributed by atoms with Gasteiger partial charge < -0.3 is 15.8 Å². The van der Waals surface area contributed by atoms with Crippen LogP contribution in [0.15, 0.2) is 0 Å². The number of amides is 1. The molecule has 0 saturated carbocycles. The zero-order chi connectivity index (χ0) is 13.2. The molecule has 0 aliphatic carbocycles. The standard InChI is InChI=1S/C12H19N3O2S.2ClH/c1-8-10(18-9(2)15-8)7-14-11(16)12(13)3-5-17-6-4-12;;/h3-7,13H2,1-2H3,(H,14,16);2*1H. The Hall–Kier alpha value is -0.400. The van der Waals surface area contributed by atoms with Gasteiger partial charge in [-0.1, -0.05) is 0 Å². The summed E-state index contributed by atoms with van der Waals surface area (Å²) in [6.45, 7) is 5.55. The number of nitrogens with zero attached hydrogens (tertiary/aromatic N) is 1. The molecule has 1 saturated heterocycles. The van der Waals surface area contributed by atoms with E-state index in [1.807, 2.05) is 13.8 Å². The number of nitrogens with two attached hydrogens (primary N) is 1. The van der Waals surface area contributed by atoms with E-state index in [-0.39, 0.29) is 30.7 Å². The number of ether oxygens (including phenoxy) is 1. The van der Waals surface area contributed by atoms with Crippen molar-refractivity contribution < 1.29 is 9.53 Å². The molecule has 0 unspecified atom stereocenters. The molecule has 2 heterocycles. The van der Waals surface area contributed by atoms with E-state index in [1.54, 1.807) is 11.3 Å². The van der Waals surface area contributed by atoms with Crippen molar-refractivity contribution in [2.45, 2.75) is 38.8 Å². The van der Waals surface area contributed by atoms with Crippen LogP contribution in [-0.2, 0) is 16.1 Å². The molecule has 116 valence electrons. The first kappa shape index (κ1) is 19.6. The molecular formula is C12H21Cl2N3O2S. The van der Waals surface area contributed by atoms with Gasteiger partial charge in [-0.3, -0.25) is 4.79 Å². The molecular weight excluding hydrogens is 321 g/mol. The van der Waals surface area contributed by atoms with E-state index in [0.29, 0.717) is 32.6 Å². The smallest absolute Gasteiger partial charge is 0.240 e. The number of rotatable bonds is 3. The van der Waals surface area contributed by atoms with Gasteiger partial charge in [-0.15, -0.1) is 36.2 Å². The number of thiazole rings is 1. The van der Waals surface area contributed by atoms with Crippen LogP contribution in [0.3, 0.4) is 0 Å². The van der Waals surface area contributed by atoms with Crippen molar-refractivity contribution >= 4 is 42.1 Å². The molecule has 1 aromatic rings. The van der Waals surface area contributed by atoms with Crippen LogP contribution in [0.5, 0.6) is 0 Å². The Labute approximate surface area is 135 Å². The summed E-state index contributed by atoms with van der Waals surface area (Å²) < 4.78 is 5.23. The molecule has 3 N–H and O–H groups in total. The molecule has 1 amide bonds. The summed E-state index contributed by atoms with van der Waals surface area (Å²) in [6, 6.07) is 0. The Morgan fingerprint density at radius 3 is 2.50 bits per heavy atom. The number of aromatic nitrogens is 1. The Morgan fingerprint density at radius 2 is 2.00 bits per heavy atom. The van der Waals surface area contributed by atoms with E-state index in [9.17, 15) is 4.79 Å². The van der Waals surface area contributed by atoms with Crippen molar-refractivity contribution in [1.82, 2.24) is 10.3 Å². The number of carbonyl (C=O) groups excluding carboxylic acids is 1. The van der Waals surface area contributed by atoms with Crippen molar-refractivity contribution in [3.05, 3.63) is 15.6 Å². The van der Waals surface area contributed by atoms with Crippen molar-refractivity contribution in [1.29, 1.82) is 0 Å². The van der Waals surface area contributed by atoms with Crippen molar-refractivity contribution in [3.8, 4) is 0 Å². The predicted molar refractivity (Wildman–Crippen MR) is 84.9 cm³/mol. The number of hydrogen-bond acceptors (Lipinski definition) is 5. The Bertz CT molecular complexity index is 448. The molecule has 2 rings (SSSR count). The van der Waals surface area contributed by atoms with Gasteiger partial charge in [0.25, 0.3) is 0 Å². The lowest BCUT2D eigenvalue weighted by atomic mass is 9.90. The van der Waals surface area contributed by atoms with Crippen molar-refractivity contribution in [2.24, 2.45) is 5.73 Å². The molecule has 0 radical (unpaired) electrons. The minimum absolute atomic E-state index is 0. The summed E-state index contributed by atoms with van der Waals surface area (Å²) in [5.74, 6) is -0.0868. The highest BCUT2D eigenvalue weighted by Gasteiger charge is 2.35. The largest absolute Gasteiger partial charge is 0.381 e. The number of hydrogen-bond donors (Lipinski definition) is 2. The summed E-state index contributed by atoms with van der Waals surface area (Å²) >= 11 is 1.61. The van der Waals surface area contributed by atoms with Gasteiger partial charge in [0.1, 0.15) is 0 Å². The minimum Gasteiger partial charge on any atom is -0.381 e. The molecule has 1 aliphatic rings. The van der Waals surface area contributed by atoms with Crippen LogP contribution >= 0.6 is 36.2 Å². The second kappa shape index (κ2) is 8.14. The first-order valence-corrected chi connectivity index (χ1v) is 6.91. The third kappa shape index (κ3) is 4.56. The third-order valence-corrected chi connectivity index (χ3v) is 4.32. The van der Waals surface area contributed by atoms with Gasteiger partial charge in [0.05, 0.1) is 22.8 Å². The lowest BCUT2D eigenvalue weighted by Crippen LogP contribution is -2.56. The van der Waals surface area contributed by atoms with E-state index < -0.39 is 5.54 Å². The molecule has 1 aliphatic heterocycles. The van der Waals surface area contributed by atoms with Crippen LogP contribution in [0.1, 0.15) is 28.4 Å². The molecule has 5 nitrogen and oxygen atoms in total. The summed E-state index contributed by atoms with van der Waals surface area (Å²) in [5, 5.41) is 3.93. The fourth-order valence-electron chi connectivity index (χ4n) is 2.04. The first-order valence-electron chi connectivity index (χ1n) is 6.09. The molecule has 1 aromatic heterocycles. The molecule has 8 heteroatoms. The fourth-order valence-corrected chi connectivity index (χ4v) is 2.91. The van der Waals surface area contributed by atoms with Gasteiger partial charge in [-0.05, 0) is 26.7 Å². The highest BCUT2D eigenvalue weighted by atomic mass is 35.5. The Balaban J connectivity index is 0.00000180. The maximum atomic E-state index is 12.1. The number of nitrogens with one attached hydrogen (secondary N) is 1. The molecule has 0 bridgehead atoms. The van der Waals surface area contributed by atoms with Gasteiger partial charge in [0, 0.05) is 18.1 Å². The third-order valence-electron chi connectivity index (χ3n) is 3.25. The van der Waals surface area contributed by atoms with Gasteiger partial charge in [0.15, 0.2) is 0 Å². The molecule has 20 heavy (non-hydrogen) atoms. The van der Waals surface area contributed by atoms with Gasteiger partial charge in [-0.2, -0.15) is 0 Å². The highest BCUT2D eigenvalue weighted by Crippen LogP contribution is 2.20. The normalized spacial score (nSPS) is 16.8. The van der Waals surface area contributed by atoms with Crippen LogP contribution in [-0.4, -0.2) is 29.6 Å². The molecule has 0 atom stereocenters. The van der Waals surface area contributed by atoms with E-state index >= 15 is 0 Å². The summed E-state index contributed by atoms with van der Waals surface area (Å²) in [4.78, 5) is 17.5. The number of carbonyl (C=O) groups is 1. The minimum atomic E-state index is -0.772. The predicted octanol–water partition coefficient (Wildman–Crippen LogP) is 1.73. The van der Waals surface area contributed by atoms with Crippen LogP contribution in [0.2, 0.25) is 0 Å². The second-order valence-corrected chi connectivity index (χ2v) is 5.98. The van der Waals surface area contributed by atoms with Crippen molar-refractivity contribution in [3.63, 3.8) is 0 Å². The topological polar surface area (TPSA) is 77.2 Å². The van der Waals surface area contributed by atoms with Crippen LogP contribution in [0.25, 0.3) is 0 Å². The summed E-state index contributed by atoms with van der Waals surface area (Å²) in [7, 11) is 0. The number of halogens is 2. The molecule has 0 spiro atoms. The Morgan fingerprint density at radius 1 is 1.40 bits per heavy atom. The lowest BCUT2D eigenvalue weighted by molar-refractivity contribution is -0.129. The van der Waals surface area contributed by atoms with Crippen LogP contribution < -0.4 is 11.1 Å². The van der Waals surface area contributed by atoms with E-state index in [1.165, 1.54) is 0 Å². The SMILES string of the molecule is Cc1nc(C)c(CNC(=O)C2(N)CCOCC2)s1.Cl.Cl. The zero-order valence-corrected chi connectivity index (χ0v) is 14.1. The zero-order valence-electron chi connectivity index (χ0n) is 11.6. The van der Waals surface area contributed by atoms with Crippen LogP contribution in [0, 0.1) is 13.8 Å². The molecule has 0 aromatic carbocycles. The van der Waals surface area contributed by atoms with Gasteiger partial charge >= 0.3 is 0 Å². The van der Waals surface area contributed by atoms with Gasteiger partial charge in [0.2, 0.25) is 5.91 Å². The molecule has 1 fully saturated rings. The Kier molecular flexibility index (Phi) is 7.98. The number of aryl methyl sites for hydroxylation is 2. The summed E-state index contributed by atoms with van der Waals surface area (Å²) in [6.07, 6.45) is 1.17. The monoisotopic (exact) mass is 341 g/mol. The van der Waals surface area contributed by atoms with E-state index in [2.05, 4.69) is 10.3 Å². The fraction of sp³-hybridized carbons (Fsp3) is 0.667. The van der Waals surface area contributed by atoms with Crippen molar-refractivity contribution in [2.75, 3.05) is 13.2 Å². The first-order chi connectivity index (χ1) is 8.51. The lowest BCUT2D eigenvalue weighted by Gasteiger charge is -2.31. The second-order valence-electron chi connectivity index (χ2n) is 4.69. The van der Waals surface area contributed by atoms with E-state index in [4.69, 9.17) is 10.5 Å².